The molecule has 1 aliphatic rings. The zero-order valence-corrected chi connectivity index (χ0v) is 17.7. The predicted octanol–water partition coefficient (Wildman–Crippen LogP) is 4.81. The largest absolute Gasteiger partial charge is 0.464 e. The highest BCUT2D eigenvalue weighted by Crippen LogP contribution is 2.25. The van der Waals surface area contributed by atoms with Crippen LogP contribution < -0.4 is 5.32 Å². The van der Waals surface area contributed by atoms with E-state index in [1.165, 1.54) is 5.69 Å². The van der Waals surface area contributed by atoms with Crippen molar-refractivity contribution in [1.29, 1.82) is 0 Å². The third kappa shape index (κ3) is 3.78. The van der Waals surface area contributed by atoms with Crippen LogP contribution in [0, 0.1) is 12.8 Å². The number of thiazole rings is 1. The normalized spacial score (nSPS) is 17.4. The first-order valence-electron chi connectivity index (χ1n) is 10.3. The number of furan rings is 1. The molecule has 6 nitrogen and oxygen atoms in total. The van der Waals surface area contributed by atoms with Crippen molar-refractivity contribution in [2.75, 3.05) is 18.4 Å². The van der Waals surface area contributed by atoms with Crippen LogP contribution in [0.15, 0.2) is 58.7 Å². The Morgan fingerprint density at radius 2 is 2.17 bits per heavy atom. The van der Waals surface area contributed by atoms with Crippen molar-refractivity contribution < 1.29 is 9.21 Å². The molecule has 0 spiro atoms. The summed E-state index contributed by atoms with van der Waals surface area (Å²) in [5.74, 6) is 0.913. The van der Waals surface area contributed by atoms with Crippen LogP contribution in [0.25, 0.3) is 16.3 Å². The summed E-state index contributed by atoms with van der Waals surface area (Å²) in [5, 5.41) is 5.15. The van der Waals surface area contributed by atoms with Crippen molar-refractivity contribution in [3.63, 3.8) is 0 Å². The molecule has 1 atom stereocenters. The highest BCUT2D eigenvalue weighted by molar-refractivity contribution is 7.15. The van der Waals surface area contributed by atoms with E-state index in [4.69, 9.17) is 4.42 Å². The fourth-order valence-corrected chi connectivity index (χ4v) is 4.94. The van der Waals surface area contributed by atoms with E-state index in [1.54, 1.807) is 17.6 Å². The molecule has 1 saturated heterocycles. The average molecular weight is 421 g/mol. The molecule has 0 bridgehead atoms. The van der Waals surface area contributed by atoms with E-state index in [9.17, 15) is 4.79 Å². The summed E-state index contributed by atoms with van der Waals surface area (Å²) >= 11 is 1.65. The van der Waals surface area contributed by atoms with Crippen LogP contribution in [0.5, 0.6) is 0 Å². The molecule has 1 unspecified atom stereocenters. The Balaban J connectivity index is 1.23. The maximum Gasteiger partial charge on any atom is 0.228 e. The molecular formula is C23H24N4O2S. The highest BCUT2D eigenvalue weighted by atomic mass is 32.1. The van der Waals surface area contributed by atoms with E-state index in [2.05, 4.69) is 38.1 Å². The number of fused-ring (bicyclic) bond motifs is 1. The Labute approximate surface area is 179 Å². The standard InChI is InChI=1S/C23H24N4O2S/c1-16-20(27-11-13-30-23(27)24-16)15-26-10-2-4-18(14-26)22(28)25-19-8-6-17(7-9-19)21-5-3-12-29-21/h3,5-9,11-13,18H,2,4,10,14-15H2,1H3,(H,25,28). The van der Waals surface area contributed by atoms with Gasteiger partial charge in [-0.1, -0.05) is 0 Å². The highest BCUT2D eigenvalue weighted by Gasteiger charge is 2.27. The third-order valence-electron chi connectivity index (χ3n) is 5.77. The lowest BCUT2D eigenvalue weighted by molar-refractivity contribution is -0.121. The van der Waals surface area contributed by atoms with Gasteiger partial charge in [0.05, 0.1) is 23.6 Å². The first-order valence-corrected chi connectivity index (χ1v) is 11.1. The van der Waals surface area contributed by atoms with E-state index in [0.717, 1.165) is 60.1 Å². The molecule has 154 valence electrons. The first-order chi connectivity index (χ1) is 14.7. The molecule has 4 heterocycles. The number of amides is 1. The lowest BCUT2D eigenvalue weighted by Crippen LogP contribution is -2.40. The second-order valence-electron chi connectivity index (χ2n) is 7.82. The zero-order chi connectivity index (χ0) is 20.5. The second-order valence-corrected chi connectivity index (χ2v) is 8.69. The zero-order valence-electron chi connectivity index (χ0n) is 16.9. The summed E-state index contributed by atoms with van der Waals surface area (Å²) in [6, 6.07) is 11.6. The number of carbonyl (C=O) groups excluding carboxylic acids is 1. The van der Waals surface area contributed by atoms with Gasteiger partial charge in [-0.2, -0.15) is 0 Å². The molecule has 0 radical (unpaired) electrons. The fraction of sp³-hybridized carbons (Fsp3) is 0.304. The van der Waals surface area contributed by atoms with Crippen molar-refractivity contribution in [2.24, 2.45) is 5.92 Å². The summed E-state index contributed by atoms with van der Waals surface area (Å²) in [5.41, 5.74) is 4.11. The van der Waals surface area contributed by atoms with Crippen LogP contribution in [0.3, 0.4) is 0 Å². The number of hydrogen-bond acceptors (Lipinski definition) is 5. The van der Waals surface area contributed by atoms with Crippen LogP contribution in [-0.4, -0.2) is 33.3 Å². The molecule has 0 saturated carbocycles. The molecule has 1 amide bonds. The van der Waals surface area contributed by atoms with Crippen molar-refractivity contribution in [3.05, 3.63) is 65.6 Å². The Morgan fingerprint density at radius 3 is 2.97 bits per heavy atom. The van der Waals surface area contributed by atoms with Crippen LogP contribution in [0.1, 0.15) is 24.2 Å². The third-order valence-corrected chi connectivity index (χ3v) is 6.53. The first kappa shape index (κ1) is 19.1. The molecule has 7 heteroatoms. The van der Waals surface area contributed by atoms with Gasteiger partial charge in [-0.05, 0) is 62.7 Å². The summed E-state index contributed by atoms with van der Waals surface area (Å²) < 4.78 is 7.59. The van der Waals surface area contributed by atoms with Gasteiger partial charge in [0.1, 0.15) is 5.76 Å². The number of anilines is 1. The van der Waals surface area contributed by atoms with Crippen LogP contribution >= 0.6 is 11.3 Å². The van der Waals surface area contributed by atoms with E-state index < -0.39 is 0 Å². The molecule has 4 aromatic rings. The van der Waals surface area contributed by atoms with Crippen LogP contribution in [0.4, 0.5) is 5.69 Å². The van der Waals surface area contributed by atoms with Gasteiger partial charge in [-0.15, -0.1) is 11.3 Å². The van der Waals surface area contributed by atoms with Gasteiger partial charge in [0.25, 0.3) is 0 Å². The number of aromatic nitrogens is 2. The molecule has 1 N–H and O–H groups in total. The lowest BCUT2D eigenvalue weighted by Gasteiger charge is -2.31. The predicted molar refractivity (Wildman–Crippen MR) is 119 cm³/mol. The summed E-state index contributed by atoms with van der Waals surface area (Å²) in [7, 11) is 0. The maximum absolute atomic E-state index is 12.9. The molecule has 3 aromatic heterocycles. The monoisotopic (exact) mass is 420 g/mol. The van der Waals surface area contributed by atoms with Gasteiger partial charge in [0.15, 0.2) is 4.96 Å². The second kappa shape index (κ2) is 8.08. The molecule has 1 aliphatic heterocycles. The quantitative estimate of drug-likeness (QED) is 0.503. The molecule has 30 heavy (non-hydrogen) atoms. The van der Waals surface area contributed by atoms with Crippen LogP contribution in [-0.2, 0) is 11.3 Å². The van der Waals surface area contributed by atoms with Crippen molar-refractivity contribution >= 4 is 27.9 Å². The van der Waals surface area contributed by atoms with Crippen molar-refractivity contribution in [2.45, 2.75) is 26.3 Å². The van der Waals surface area contributed by atoms with Gasteiger partial charge < -0.3 is 9.73 Å². The van der Waals surface area contributed by atoms with Crippen molar-refractivity contribution in [3.8, 4) is 11.3 Å². The smallest absolute Gasteiger partial charge is 0.228 e. The summed E-state index contributed by atoms with van der Waals surface area (Å²) in [6.07, 6.45) is 5.69. The van der Waals surface area contributed by atoms with Crippen molar-refractivity contribution in [1.82, 2.24) is 14.3 Å². The number of imidazole rings is 1. The van der Waals surface area contributed by atoms with E-state index in [-0.39, 0.29) is 11.8 Å². The molecule has 5 rings (SSSR count). The maximum atomic E-state index is 12.9. The number of likely N-dealkylation sites (tertiary alicyclic amines) is 1. The molecular weight excluding hydrogens is 396 g/mol. The van der Waals surface area contributed by atoms with Gasteiger partial charge in [-0.25, -0.2) is 4.98 Å². The van der Waals surface area contributed by atoms with Gasteiger partial charge in [-0.3, -0.25) is 14.1 Å². The Morgan fingerprint density at radius 1 is 1.30 bits per heavy atom. The summed E-state index contributed by atoms with van der Waals surface area (Å²) in [6.45, 7) is 4.67. The lowest BCUT2D eigenvalue weighted by atomic mass is 9.96. The molecule has 0 aliphatic carbocycles. The van der Waals surface area contributed by atoms with Gasteiger partial charge >= 0.3 is 0 Å². The SMILES string of the molecule is Cc1nc2sccn2c1CN1CCCC(C(=O)Nc2ccc(-c3ccco3)cc2)C1. The topological polar surface area (TPSA) is 62.8 Å². The number of nitrogens with zero attached hydrogens (tertiary/aromatic N) is 3. The Hall–Kier alpha value is -2.90. The number of piperidine rings is 1. The minimum atomic E-state index is -0.00491. The Bertz CT molecular complexity index is 1140. The summed E-state index contributed by atoms with van der Waals surface area (Å²) in [4.78, 5) is 20.9. The average Bonchev–Trinajstić information content (AvgIpc) is 3.49. The minimum absolute atomic E-state index is 0.00491. The number of rotatable bonds is 5. The molecule has 1 fully saturated rings. The number of hydrogen-bond donors (Lipinski definition) is 1. The van der Waals surface area contributed by atoms with Gasteiger partial charge in [0.2, 0.25) is 5.91 Å². The van der Waals surface area contributed by atoms with E-state index >= 15 is 0 Å². The van der Waals surface area contributed by atoms with E-state index in [1.807, 2.05) is 36.4 Å². The minimum Gasteiger partial charge on any atom is -0.464 e. The van der Waals surface area contributed by atoms with Gasteiger partial charge in [0, 0.05) is 35.9 Å². The van der Waals surface area contributed by atoms with E-state index in [0.29, 0.717) is 0 Å². The Kier molecular flexibility index (Phi) is 5.14. The number of carbonyl (C=O) groups is 1. The number of nitrogens with one attached hydrogen (secondary N) is 1. The number of benzene rings is 1. The molecule has 1 aromatic carbocycles. The van der Waals surface area contributed by atoms with Crippen LogP contribution in [0.2, 0.25) is 0 Å². The number of aryl methyl sites for hydroxylation is 1. The fourth-order valence-electron chi connectivity index (χ4n) is 4.16.